The van der Waals surface area contributed by atoms with Crippen molar-refractivity contribution in [1.29, 1.82) is 0 Å². The van der Waals surface area contributed by atoms with Crippen LogP contribution in [0.4, 0.5) is 0 Å². The number of fused-ring (bicyclic) bond motifs is 1. The van der Waals surface area contributed by atoms with Gasteiger partial charge in [0.1, 0.15) is 0 Å². The molecule has 0 unspecified atom stereocenters. The van der Waals surface area contributed by atoms with Crippen molar-refractivity contribution in [1.82, 2.24) is 10.3 Å². The molecule has 0 fully saturated rings. The van der Waals surface area contributed by atoms with Crippen LogP contribution in [0, 0.1) is 0 Å². The number of amides is 1. The minimum Gasteiger partial charge on any atom is -0.356 e. The largest absolute Gasteiger partial charge is 0.356 e. The summed E-state index contributed by atoms with van der Waals surface area (Å²) in [6.45, 7) is 0.714. The van der Waals surface area contributed by atoms with Crippen LogP contribution in [0.5, 0.6) is 0 Å². The first kappa shape index (κ1) is 17.4. The molecule has 2 aromatic rings. The van der Waals surface area contributed by atoms with Crippen molar-refractivity contribution in [3.8, 4) is 0 Å². The van der Waals surface area contributed by atoms with Gasteiger partial charge in [0, 0.05) is 29.3 Å². The highest BCUT2D eigenvalue weighted by atomic mass is 35.5. The molecule has 0 radical (unpaired) electrons. The second-order valence-corrected chi connectivity index (χ2v) is 7.80. The molecule has 0 aliphatic heterocycles. The maximum Gasteiger partial charge on any atom is 0.220 e. The van der Waals surface area contributed by atoms with Gasteiger partial charge in [-0.1, -0.05) is 29.8 Å². The Hall–Kier alpha value is -1.39. The van der Waals surface area contributed by atoms with Crippen molar-refractivity contribution in [3.05, 3.63) is 50.4 Å². The molecule has 3 rings (SSSR count). The summed E-state index contributed by atoms with van der Waals surface area (Å²) >= 11 is 7.97. The third kappa shape index (κ3) is 4.81. The van der Waals surface area contributed by atoms with E-state index in [1.165, 1.54) is 34.8 Å². The number of hydrogen-bond acceptors (Lipinski definition) is 3. The van der Waals surface area contributed by atoms with Gasteiger partial charge in [-0.25, -0.2) is 4.98 Å². The zero-order chi connectivity index (χ0) is 16.8. The molecule has 1 aliphatic carbocycles. The molecule has 1 amide bonds. The summed E-state index contributed by atoms with van der Waals surface area (Å²) in [5.41, 5.74) is 2.35. The molecule has 0 saturated heterocycles. The number of carbonyl (C=O) groups excluding carboxylic acids is 1. The lowest BCUT2D eigenvalue weighted by Crippen LogP contribution is -2.25. The molecule has 24 heavy (non-hydrogen) atoms. The van der Waals surface area contributed by atoms with Crippen molar-refractivity contribution in [2.24, 2.45) is 0 Å². The number of nitrogens with one attached hydrogen (secondary N) is 1. The van der Waals surface area contributed by atoms with Crippen molar-refractivity contribution >= 4 is 28.8 Å². The Kier molecular flexibility index (Phi) is 6.27. The lowest BCUT2D eigenvalue weighted by atomic mass is 10.0. The number of carbonyl (C=O) groups is 1. The molecule has 1 N–H and O–H groups in total. The van der Waals surface area contributed by atoms with Crippen LogP contribution in [0.3, 0.4) is 0 Å². The third-order valence-corrected chi connectivity index (χ3v) is 5.94. The van der Waals surface area contributed by atoms with Gasteiger partial charge in [-0.3, -0.25) is 4.79 Å². The molecule has 0 bridgehead atoms. The van der Waals surface area contributed by atoms with Crippen LogP contribution in [-0.4, -0.2) is 17.4 Å². The second kappa shape index (κ2) is 8.63. The molecule has 1 heterocycles. The Bertz CT molecular complexity index is 675. The summed E-state index contributed by atoms with van der Waals surface area (Å²) in [5, 5.41) is 4.96. The summed E-state index contributed by atoms with van der Waals surface area (Å²) in [6, 6.07) is 7.69. The number of thiazole rings is 1. The molecule has 1 aromatic carbocycles. The topological polar surface area (TPSA) is 42.0 Å². The average molecular weight is 363 g/mol. The van der Waals surface area contributed by atoms with Gasteiger partial charge < -0.3 is 5.32 Å². The fraction of sp³-hybridized carbons (Fsp3) is 0.474. The first-order valence-corrected chi connectivity index (χ1v) is 9.89. The molecule has 1 aliphatic rings. The van der Waals surface area contributed by atoms with Crippen LogP contribution in [0.15, 0.2) is 24.3 Å². The predicted octanol–water partition coefficient (Wildman–Crippen LogP) is 4.36. The average Bonchev–Trinajstić information content (AvgIpc) is 3.01. The Morgan fingerprint density at radius 2 is 2.04 bits per heavy atom. The molecule has 3 nitrogen and oxygen atoms in total. The number of rotatable bonds is 7. The first-order chi connectivity index (χ1) is 11.7. The number of aryl methyl sites for hydroxylation is 4. The van der Waals surface area contributed by atoms with Gasteiger partial charge in [-0.05, 0) is 50.2 Å². The van der Waals surface area contributed by atoms with Gasteiger partial charge in [0.25, 0.3) is 0 Å². The van der Waals surface area contributed by atoms with E-state index in [1.54, 1.807) is 0 Å². The highest BCUT2D eigenvalue weighted by molar-refractivity contribution is 7.11. The van der Waals surface area contributed by atoms with Crippen LogP contribution < -0.4 is 5.32 Å². The van der Waals surface area contributed by atoms with Crippen molar-refractivity contribution in [2.75, 3.05) is 6.54 Å². The normalized spacial score (nSPS) is 13.5. The first-order valence-electron chi connectivity index (χ1n) is 8.70. The van der Waals surface area contributed by atoms with Gasteiger partial charge in [-0.2, -0.15) is 0 Å². The fourth-order valence-electron chi connectivity index (χ4n) is 3.02. The molecule has 0 atom stereocenters. The standard InChI is InChI=1S/C19H23ClN2OS/c20-15-7-2-1-6-14(15)11-12-18(23)21-13-5-10-19-22-16-8-3-4-9-17(16)24-19/h1-2,6-7H,3-5,8-13H2,(H,21,23). The van der Waals surface area contributed by atoms with Crippen LogP contribution in [0.25, 0.3) is 0 Å². The van der Waals surface area contributed by atoms with Gasteiger partial charge >= 0.3 is 0 Å². The van der Waals surface area contributed by atoms with E-state index >= 15 is 0 Å². The third-order valence-electron chi connectivity index (χ3n) is 4.36. The minimum absolute atomic E-state index is 0.0911. The van der Waals surface area contributed by atoms with E-state index in [9.17, 15) is 4.79 Å². The van der Waals surface area contributed by atoms with Gasteiger partial charge in [-0.15, -0.1) is 11.3 Å². The molecule has 1 aromatic heterocycles. The maximum atomic E-state index is 11.9. The van der Waals surface area contributed by atoms with E-state index in [0.717, 1.165) is 29.8 Å². The Labute approximate surface area is 152 Å². The molecule has 0 spiro atoms. The van der Waals surface area contributed by atoms with E-state index < -0.39 is 0 Å². The molecule has 5 heteroatoms. The number of nitrogens with zero attached hydrogens (tertiary/aromatic N) is 1. The highest BCUT2D eigenvalue weighted by Gasteiger charge is 2.14. The highest BCUT2D eigenvalue weighted by Crippen LogP contribution is 2.27. The van der Waals surface area contributed by atoms with Crippen LogP contribution in [0.2, 0.25) is 5.02 Å². The summed E-state index contributed by atoms with van der Waals surface area (Å²) in [5.74, 6) is 0.0911. The molecular weight excluding hydrogens is 340 g/mol. The van der Waals surface area contributed by atoms with E-state index in [2.05, 4.69) is 5.32 Å². The van der Waals surface area contributed by atoms with Gasteiger partial charge in [0.15, 0.2) is 0 Å². The van der Waals surface area contributed by atoms with Crippen LogP contribution >= 0.6 is 22.9 Å². The fourth-order valence-corrected chi connectivity index (χ4v) is 4.45. The van der Waals surface area contributed by atoms with Crippen molar-refractivity contribution in [2.45, 2.75) is 51.4 Å². The van der Waals surface area contributed by atoms with Gasteiger partial charge in [0.2, 0.25) is 5.91 Å². The lowest BCUT2D eigenvalue weighted by Gasteiger charge is -2.06. The number of benzene rings is 1. The molecular formula is C19H23ClN2OS. The SMILES string of the molecule is O=C(CCc1ccccc1Cl)NCCCc1nc2c(s1)CCCC2. The predicted molar refractivity (Wildman–Crippen MR) is 99.9 cm³/mol. The lowest BCUT2D eigenvalue weighted by molar-refractivity contribution is -0.121. The van der Waals surface area contributed by atoms with Crippen LogP contribution in [-0.2, 0) is 30.5 Å². The van der Waals surface area contributed by atoms with E-state index in [4.69, 9.17) is 16.6 Å². The Morgan fingerprint density at radius 1 is 1.21 bits per heavy atom. The van der Waals surface area contributed by atoms with Crippen molar-refractivity contribution < 1.29 is 4.79 Å². The minimum atomic E-state index is 0.0911. The summed E-state index contributed by atoms with van der Waals surface area (Å²) < 4.78 is 0. The zero-order valence-electron chi connectivity index (χ0n) is 13.8. The summed E-state index contributed by atoms with van der Waals surface area (Å²) in [6.07, 6.45) is 8.00. The van der Waals surface area contributed by atoms with E-state index in [1.807, 2.05) is 35.6 Å². The Morgan fingerprint density at radius 3 is 2.88 bits per heavy atom. The molecule has 0 saturated carbocycles. The smallest absolute Gasteiger partial charge is 0.220 e. The van der Waals surface area contributed by atoms with Crippen molar-refractivity contribution in [3.63, 3.8) is 0 Å². The van der Waals surface area contributed by atoms with E-state index in [0.29, 0.717) is 19.4 Å². The molecule has 128 valence electrons. The number of aromatic nitrogens is 1. The van der Waals surface area contributed by atoms with Crippen LogP contribution in [0.1, 0.15) is 46.8 Å². The monoisotopic (exact) mass is 362 g/mol. The van der Waals surface area contributed by atoms with E-state index in [-0.39, 0.29) is 5.91 Å². The van der Waals surface area contributed by atoms with Gasteiger partial charge in [0.05, 0.1) is 10.7 Å². The second-order valence-electron chi connectivity index (χ2n) is 6.23. The quantitative estimate of drug-likeness (QED) is 0.743. The Balaban J connectivity index is 1.35. The summed E-state index contributed by atoms with van der Waals surface area (Å²) in [7, 11) is 0. The zero-order valence-corrected chi connectivity index (χ0v) is 15.4. The summed E-state index contributed by atoms with van der Waals surface area (Å²) in [4.78, 5) is 18.2. The number of hydrogen-bond donors (Lipinski definition) is 1. The number of halogens is 1. The maximum absolute atomic E-state index is 11.9.